The molecule has 0 aliphatic carbocycles. The Morgan fingerprint density at radius 1 is 0.364 bits per heavy atom. The number of rotatable bonds is 6. The van der Waals surface area contributed by atoms with Gasteiger partial charge in [0.05, 0.1) is 0 Å². The van der Waals surface area contributed by atoms with Crippen LogP contribution in [0.15, 0.2) is 205 Å². The molecule has 11 aromatic rings. The van der Waals surface area contributed by atoms with Crippen molar-refractivity contribution in [3.05, 3.63) is 200 Å². The number of hydrogen-bond donors (Lipinski definition) is 0. The maximum absolute atomic E-state index is 6.58. The molecule has 3 heteroatoms. The van der Waals surface area contributed by atoms with Gasteiger partial charge < -0.3 is 9.32 Å². The van der Waals surface area contributed by atoms with Crippen molar-refractivity contribution in [2.45, 2.75) is 0 Å². The summed E-state index contributed by atoms with van der Waals surface area (Å²) in [6, 6.07) is 72.2. The van der Waals surface area contributed by atoms with Crippen LogP contribution in [0.25, 0.3) is 86.3 Å². The smallest absolute Gasteiger partial charge is 0.143 e. The van der Waals surface area contributed by atoms with Crippen LogP contribution in [0.4, 0.5) is 17.1 Å². The lowest BCUT2D eigenvalue weighted by Crippen LogP contribution is -2.10. The summed E-state index contributed by atoms with van der Waals surface area (Å²) in [4.78, 5) is 2.37. The summed E-state index contributed by atoms with van der Waals surface area (Å²) in [5, 5.41) is 7.22. The highest BCUT2D eigenvalue weighted by Gasteiger charge is 2.18. The van der Waals surface area contributed by atoms with Gasteiger partial charge in [-0.15, -0.1) is 11.3 Å². The van der Waals surface area contributed by atoms with E-state index in [1.807, 2.05) is 11.3 Å². The zero-order chi connectivity index (χ0) is 36.3. The monoisotopic (exact) mass is 719 g/mol. The fourth-order valence-corrected chi connectivity index (χ4v) is 9.36. The Bertz CT molecular complexity index is 3210. The first-order chi connectivity index (χ1) is 27.2. The Morgan fingerprint density at radius 2 is 0.982 bits per heavy atom. The Morgan fingerprint density at radius 3 is 1.84 bits per heavy atom. The van der Waals surface area contributed by atoms with Crippen molar-refractivity contribution in [3.8, 4) is 33.4 Å². The predicted octanol–water partition coefficient (Wildman–Crippen LogP) is 15.6. The molecule has 258 valence electrons. The number of benzene rings is 9. The third-order valence-electron chi connectivity index (χ3n) is 10.9. The lowest BCUT2D eigenvalue weighted by molar-refractivity contribution is 0.673. The molecule has 0 radical (unpaired) electrons. The molecule has 9 aromatic carbocycles. The van der Waals surface area contributed by atoms with Crippen molar-refractivity contribution >= 4 is 81.3 Å². The zero-order valence-electron chi connectivity index (χ0n) is 29.8. The van der Waals surface area contributed by atoms with Crippen LogP contribution in [0, 0.1) is 0 Å². The van der Waals surface area contributed by atoms with E-state index in [2.05, 4.69) is 205 Å². The quantitative estimate of drug-likeness (QED) is 0.170. The Kier molecular flexibility index (Phi) is 7.39. The molecule has 0 saturated heterocycles. The highest BCUT2D eigenvalue weighted by Crippen LogP contribution is 2.43. The summed E-state index contributed by atoms with van der Waals surface area (Å²) in [5.74, 6) is 0. The molecule has 2 heterocycles. The predicted molar refractivity (Wildman–Crippen MR) is 235 cm³/mol. The van der Waals surface area contributed by atoms with Crippen molar-refractivity contribution in [1.82, 2.24) is 0 Å². The maximum atomic E-state index is 6.58. The van der Waals surface area contributed by atoms with Gasteiger partial charge in [0.15, 0.2) is 0 Å². The highest BCUT2D eigenvalue weighted by atomic mass is 32.1. The average Bonchev–Trinajstić information content (AvgIpc) is 3.83. The first-order valence-corrected chi connectivity index (χ1v) is 19.5. The van der Waals surface area contributed by atoms with Crippen LogP contribution in [0.1, 0.15) is 0 Å². The first kappa shape index (κ1) is 31.6. The van der Waals surface area contributed by atoms with Crippen LogP contribution in [0.3, 0.4) is 0 Å². The molecular weight excluding hydrogens is 687 g/mol. The lowest BCUT2D eigenvalue weighted by Gasteiger charge is -2.27. The molecule has 2 aromatic heterocycles. The molecule has 0 unspecified atom stereocenters. The van der Waals surface area contributed by atoms with Crippen LogP contribution in [-0.2, 0) is 0 Å². The number of nitrogens with zero attached hydrogens (tertiary/aromatic N) is 1. The molecule has 0 aliphatic rings. The Balaban J connectivity index is 1.04. The summed E-state index contributed by atoms with van der Waals surface area (Å²) in [6.07, 6.45) is 0. The Labute approximate surface area is 322 Å². The minimum atomic E-state index is 0.895. The van der Waals surface area contributed by atoms with Gasteiger partial charge in [0, 0.05) is 53.4 Å². The van der Waals surface area contributed by atoms with Crippen LogP contribution >= 0.6 is 11.3 Å². The molecule has 0 saturated carbocycles. The standard InChI is InChI=1S/C52H33NOS/c1-2-11-34(12-3-1)37-14-8-16-41(31-37)53(40-27-23-35(24-28-40)38-26-29-46-45-19-6-7-22-49(45)55-50(46)33-38)42-17-9-15-39(32-42)43-20-10-21-48-51(43)47-30-25-36-13-4-5-18-44(36)52(47)54-48/h1-33H. The second-order valence-electron chi connectivity index (χ2n) is 14.1. The summed E-state index contributed by atoms with van der Waals surface area (Å²) >= 11 is 1.86. The van der Waals surface area contributed by atoms with Gasteiger partial charge in [0.2, 0.25) is 0 Å². The number of thiophene rings is 1. The van der Waals surface area contributed by atoms with E-state index in [4.69, 9.17) is 4.42 Å². The molecule has 0 atom stereocenters. The van der Waals surface area contributed by atoms with Crippen molar-refractivity contribution < 1.29 is 4.42 Å². The van der Waals surface area contributed by atoms with Crippen LogP contribution in [0.5, 0.6) is 0 Å². The lowest BCUT2D eigenvalue weighted by atomic mass is 9.97. The molecule has 0 amide bonds. The normalized spacial score (nSPS) is 11.6. The summed E-state index contributed by atoms with van der Waals surface area (Å²) in [5.41, 5.74) is 12.2. The fourth-order valence-electron chi connectivity index (χ4n) is 8.22. The molecule has 0 bridgehead atoms. The molecule has 0 fully saturated rings. The number of hydrogen-bond acceptors (Lipinski definition) is 3. The van der Waals surface area contributed by atoms with Crippen molar-refractivity contribution in [2.75, 3.05) is 4.90 Å². The molecule has 55 heavy (non-hydrogen) atoms. The molecule has 11 rings (SSSR count). The summed E-state index contributed by atoms with van der Waals surface area (Å²) in [6.45, 7) is 0. The number of fused-ring (bicyclic) bond motifs is 8. The molecule has 2 nitrogen and oxygen atoms in total. The zero-order valence-corrected chi connectivity index (χ0v) is 30.6. The van der Waals surface area contributed by atoms with E-state index in [-0.39, 0.29) is 0 Å². The van der Waals surface area contributed by atoms with Crippen LogP contribution in [0.2, 0.25) is 0 Å². The largest absolute Gasteiger partial charge is 0.455 e. The van der Waals surface area contributed by atoms with E-state index in [9.17, 15) is 0 Å². The minimum Gasteiger partial charge on any atom is -0.455 e. The van der Waals surface area contributed by atoms with Gasteiger partial charge in [-0.2, -0.15) is 0 Å². The van der Waals surface area contributed by atoms with Crippen molar-refractivity contribution in [2.24, 2.45) is 0 Å². The Hall–Kier alpha value is -6.94. The summed E-state index contributed by atoms with van der Waals surface area (Å²) < 4.78 is 9.21. The van der Waals surface area contributed by atoms with E-state index in [0.717, 1.165) is 55.5 Å². The minimum absolute atomic E-state index is 0.895. The average molecular weight is 720 g/mol. The molecule has 0 spiro atoms. The van der Waals surface area contributed by atoms with E-state index >= 15 is 0 Å². The number of anilines is 3. The van der Waals surface area contributed by atoms with Gasteiger partial charge in [-0.05, 0) is 99.4 Å². The fraction of sp³-hybridized carbons (Fsp3) is 0. The molecular formula is C52H33NOS. The number of furan rings is 1. The molecule has 0 N–H and O–H groups in total. The second kappa shape index (κ2) is 12.9. The van der Waals surface area contributed by atoms with Gasteiger partial charge in [-0.3, -0.25) is 0 Å². The second-order valence-corrected chi connectivity index (χ2v) is 15.2. The van der Waals surface area contributed by atoms with E-state index in [0.29, 0.717) is 0 Å². The molecule has 0 aliphatic heterocycles. The van der Waals surface area contributed by atoms with Gasteiger partial charge in [-0.1, -0.05) is 140 Å². The van der Waals surface area contributed by atoms with E-state index in [1.54, 1.807) is 0 Å². The van der Waals surface area contributed by atoms with Crippen LogP contribution in [-0.4, -0.2) is 0 Å². The maximum Gasteiger partial charge on any atom is 0.143 e. The van der Waals surface area contributed by atoms with Gasteiger partial charge in [0.1, 0.15) is 11.2 Å². The first-order valence-electron chi connectivity index (χ1n) is 18.7. The van der Waals surface area contributed by atoms with E-state index in [1.165, 1.54) is 47.8 Å². The van der Waals surface area contributed by atoms with Crippen LogP contribution < -0.4 is 4.90 Å². The third kappa shape index (κ3) is 5.40. The topological polar surface area (TPSA) is 16.4 Å². The van der Waals surface area contributed by atoms with Crippen molar-refractivity contribution in [3.63, 3.8) is 0 Å². The van der Waals surface area contributed by atoms with E-state index < -0.39 is 0 Å². The SMILES string of the molecule is c1ccc(-c2cccc(N(c3ccc(-c4ccc5c(c4)sc4ccccc45)cc3)c3cccc(-c4cccc5oc6c7ccccc7ccc6c45)c3)c2)cc1. The van der Waals surface area contributed by atoms with Gasteiger partial charge >= 0.3 is 0 Å². The summed E-state index contributed by atoms with van der Waals surface area (Å²) in [7, 11) is 0. The van der Waals surface area contributed by atoms with Gasteiger partial charge in [-0.25, -0.2) is 0 Å². The third-order valence-corrected chi connectivity index (χ3v) is 12.0. The van der Waals surface area contributed by atoms with Gasteiger partial charge in [0.25, 0.3) is 0 Å². The highest BCUT2D eigenvalue weighted by molar-refractivity contribution is 7.25. The van der Waals surface area contributed by atoms with Crippen molar-refractivity contribution in [1.29, 1.82) is 0 Å².